The van der Waals surface area contributed by atoms with Crippen LogP contribution in [0.1, 0.15) is 15.9 Å². The molecule has 0 atom stereocenters. The Morgan fingerprint density at radius 2 is 2.27 bits per heavy atom. The van der Waals surface area contributed by atoms with Crippen LogP contribution in [0.3, 0.4) is 0 Å². The first-order valence-electron chi connectivity index (χ1n) is 6.80. The highest BCUT2D eigenvalue weighted by Crippen LogP contribution is 2.24. The average molecular weight is 308 g/mol. The molecule has 6 nitrogen and oxygen atoms in total. The Kier molecular flexibility index (Phi) is 5.11. The van der Waals surface area contributed by atoms with Crippen LogP contribution in [0, 0.1) is 0 Å². The maximum atomic E-state index is 12.4. The number of hydrogen-bond donors (Lipinski definition) is 2. The number of halogens is 1. The smallest absolute Gasteiger partial charge is 0.323 e. The Morgan fingerprint density at radius 1 is 1.50 bits per heavy atom. The second-order valence-electron chi connectivity index (χ2n) is 4.95. The predicted octanol–water partition coefficient (Wildman–Crippen LogP) is 0.960. The van der Waals surface area contributed by atoms with Crippen molar-refractivity contribution in [3.8, 4) is 5.75 Å². The lowest BCUT2D eigenvalue weighted by molar-refractivity contribution is -0.137. The van der Waals surface area contributed by atoms with Gasteiger partial charge in [0.15, 0.2) is 0 Å². The summed E-state index contributed by atoms with van der Waals surface area (Å²) >= 11 is 0. The lowest BCUT2D eigenvalue weighted by Gasteiger charge is -2.27. The fourth-order valence-electron chi connectivity index (χ4n) is 2.23. The summed E-state index contributed by atoms with van der Waals surface area (Å²) in [5.41, 5.74) is 6.95. The lowest BCUT2D eigenvalue weighted by atomic mass is 9.98. The molecule has 1 aliphatic rings. The van der Waals surface area contributed by atoms with Gasteiger partial charge in [0, 0.05) is 24.2 Å². The van der Waals surface area contributed by atoms with Crippen LogP contribution in [0.25, 0.3) is 0 Å². The fraction of sp³-hybridized carbons (Fsp3) is 0.333. The van der Waals surface area contributed by atoms with Crippen LogP contribution in [-0.4, -0.2) is 48.1 Å². The van der Waals surface area contributed by atoms with E-state index in [9.17, 15) is 14.0 Å². The quantitative estimate of drug-likeness (QED) is 0.816. The van der Waals surface area contributed by atoms with Crippen molar-refractivity contribution in [2.24, 2.45) is 5.73 Å². The number of carbonyl (C=O) groups excluding carboxylic acids is 1. The molecule has 1 heterocycles. The summed E-state index contributed by atoms with van der Waals surface area (Å²) in [6.07, 6.45) is 0.972. The number of amides is 1. The number of hydrogen-bond acceptors (Lipinski definition) is 4. The molecule has 0 aliphatic carbocycles. The predicted molar refractivity (Wildman–Crippen MR) is 77.4 cm³/mol. The van der Waals surface area contributed by atoms with E-state index in [0.29, 0.717) is 36.2 Å². The molecule has 0 aromatic heterocycles. The molecule has 0 saturated carbocycles. The molecule has 0 radical (unpaired) electrons. The molecule has 3 N–H and O–H groups in total. The SMILES string of the molecule is NC/C(=C\F)COc1ccc2c(c1)CCN(CC(=O)O)C2=O. The zero-order valence-electron chi connectivity index (χ0n) is 11.9. The molecule has 0 saturated heterocycles. The van der Waals surface area contributed by atoms with Gasteiger partial charge in [-0.3, -0.25) is 9.59 Å². The van der Waals surface area contributed by atoms with Crippen molar-refractivity contribution < 1.29 is 23.8 Å². The molecule has 0 fully saturated rings. The van der Waals surface area contributed by atoms with Gasteiger partial charge in [-0.25, -0.2) is 4.39 Å². The number of carboxylic acids is 1. The third kappa shape index (κ3) is 3.62. The van der Waals surface area contributed by atoms with E-state index in [-0.39, 0.29) is 25.6 Å². The zero-order chi connectivity index (χ0) is 16.1. The van der Waals surface area contributed by atoms with Crippen molar-refractivity contribution in [2.45, 2.75) is 6.42 Å². The largest absolute Gasteiger partial charge is 0.489 e. The maximum absolute atomic E-state index is 12.4. The molecular formula is C15H17FN2O4. The first kappa shape index (κ1) is 16.0. The number of fused-ring (bicyclic) bond motifs is 1. The van der Waals surface area contributed by atoms with E-state index in [1.165, 1.54) is 4.90 Å². The minimum absolute atomic E-state index is 0.0465. The van der Waals surface area contributed by atoms with E-state index < -0.39 is 5.97 Å². The van der Waals surface area contributed by atoms with Crippen molar-refractivity contribution in [1.82, 2.24) is 4.90 Å². The van der Waals surface area contributed by atoms with Crippen LogP contribution in [0.15, 0.2) is 30.1 Å². The van der Waals surface area contributed by atoms with Crippen LogP contribution in [0.4, 0.5) is 4.39 Å². The first-order chi connectivity index (χ1) is 10.5. The van der Waals surface area contributed by atoms with Gasteiger partial charge < -0.3 is 20.5 Å². The lowest BCUT2D eigenvalue weighted by Crippen LogP contribution is -2.40. The van der Waals surface area contributed by atoms with Gasteiger partial charge >= 0.3 is 5.97 Å². The Hall–Kier alpha value is -2.41. The molecular weight excluding hydrogens is 291 g/mol. The molecule has 118 valence electrons. The minimum atomic E-state index is -1.04. The van der Waals surface area contributed by atoms with Crippen LogP contribution in [0.5, 0.6) is 5.75 Å². The zero-order valence-corrected chi connectivity index (χ0v) is 11.9. The number of carboxylic acid groups (broad SMARTS) is 1. The Bertz CT molecular complexity index is 616. The normalized spacial score (nSPS) is 14.7. The summed E-state index contributed by atoms with van der Waals surface area (Å²) in [7, 11) is 0. The summed E-state index contributed by atoms with van der Waals surface area (Å²) < 4.78 is 17.8. The van der Waals surface area contributed by atoms with Crippen LogP contribution in [0.2, 0.25) is 0 Å². The number of aliphatic carboxylic acids is 1. The summed E-state index contributed by atoms with van der Waals surface area (Å²) in [4.78, 5) is 24.2. The molecule has 1 aliphatic heterocycles. The van der Waals surface area contributed by atoms with Gasteiger partial charge in [0.1, 0.15) is 18.9 Å². The van der Waals surface area contributed by atoms with Crippen molar-refractivity contribution >= 4 is 11.9 Å². The van der Waals surface area contributed by atoms with E-state index in [1.54, 1.807) is 18.2 Å². The van der Waals surface area contributed by atoms with Crippen molar-refractivity contribution in [1.29, 1.82) is 0 Å². The standard InChI is InChI=1S/C15H17FN2O4/c16-6-10(7-17)9-22-12-1-2-13-11(5-12)3-4-18(15(13)21)8-14(19)20/h1-2,5-6H,3-4,7-9,17H2,(H,19,20)/b10-6+. The van der Waals surface area contributed by atoms with Crippen LogP contribution < -0.4 is 10.5 Å². The van der Waals surface area contributed by atoms with Gasteiger partial charge in [-0.15, -0.1) is 0 Å². The fourth-order valence-corrected chi connectivity index (χ4v) is 2.23. The third-order valence-electron chi connectivity index (χ3n) is 3.41. The summed E-state index contributed by atoms with van der Waals surface area (Å²) in [5.74, 6) is -0.823. The second-order valence-corrected chi connectivity index (χ2v) is 4.95. The Balaban J connectivity index is 2.10. The highest BCUT2D eigenvalue weighted by Gasteiger charge is 2.25. The van der Waals surface area contributed by atoms with Gasteiger partial charge in [0.05, 0.1) is 6.33 Å². The van der Waals surface area contributed by atoms with Gasteiger partial charge in [0.25, 0.3) is 5.91 Å². The maximum Gasteiger partial charge on any atom is 0.323 e. The molecule has 2 rings (SSSR count). The molecule has 1 aromatic carbocycles. The highest BCUT2D eigenvalue weighted by molar-refractivity contribution is 5.98. The Labute approximate surface area is 127 Å². The molecule has 0 bridgehead atoms. The molecule has 22 heavy (non-hydrogen) atoms. The topological polar surface area (TPSA) is 92.9 Å². The van der Waals surface area contributed by atoms with E-state index in [1.807, 2.05) is 0 Å². The summed E-state index contributed by atoms with van der Waals surface area (Å²) in [5, 5.41) is 8.78. The van der Waals surface area contributed by atoms with Gasteiger partial charge in [-0.1, -0.05) is 0 Å². The number of nitrogens with zero attached hydrogens (tertiary/aromatic N) is 1. The van der Waals surface area contributed by atoms with Crippen molar-refractivity contribution in [3.63, 3.8) is 0 Å². The van der Waals surface area contributed by atoms with Gasteiger partial charge in [-0.2, -0.15) is 0 Å². The van der Waals surface area contributed by atoms with Gasteiger partial charge in [-0.05, 0) is 30.2 Å². The third-order valence-corrected chi connectivity index (χ3v) is 3.41. The van der Waals surface area contributed by atoms with Gasteiger partial charge in [0.2, 0.25) is 0 Å². The van der Waals surface area contributed by atoms with Crippen molar-refractivity contribution in [2.75, 3.05) is 26.2 Å². The van der Waals surface area contributed by atoms with E-state index in [4.69, 9.17) is 15.6 Å². The van der Waals surface area contributed by atoms with Crippen LogP contribution in [-0.2, 0) is 11.2 Å². The summed E-state index contributed by atoms with van der Waals surface area (Å²) in [6, 6.07) is 4.92. The minimum Gasteiger partial charge on any atom is -0.489 e. The average Bonchev–Trinajstić information content (AvgIpc) is 2.51. The number of rotatable bonds is 6. The monoisotopic (exact) mass is 308 g/mol. The highest BCUT2D eigenvalue weighted by atomic mass is 19.1. The Morgan fingerprint density at radius 3 is 2.91 bits per heavy atom. The number of nitrogens with two attached hydrogens (primary N) is 1. The van der Waals surface area contributed by atoms with Crippen molar-refractivity contribution in [3.05, 3.63) is 41.2 Å². The van der Waals surface area contributed by atoms with E-state index in [0.717, 1.165) is 5.56 Å². The number of ether oxygens (including phenoxy) is 1. The summed E-state index contributed by atoms with van der Waals surface area (Å²) in [6.45, 7) is 0.159. The molecule has 7 heteroatoms. The first-order valence-corrected chi connectivity index (χ1v) is 6.80. The van der Waals surface area contributed by atoms with E-state index in [2.05, 4.69) is 0 Å². The second kappa shape index (κ2) is 7.04. The number of carbonyl (C=O) groups is 2. The van der Waals surface area contributed by atoms with Crippen LogP contribution >= 0.6 is 0 Å². The number of benzene rings is 1. The van der Waals surface area contributed by atoms with E-state index >= 15 is 0 Å². The molecule has 0 unspecified atom stereocenters. The molecule has 1 amide bonds. The molecule has 1 aromatic rings. The molecule has 0 spiro atoms.